The van der Waals surface area contributed by atoms with Crippen LogP contribution < -0.4 is 0 Å². The van der Waals surface area contributed by atoms with Crippen LogP contribution in [0.1, 0.15) is 25.7 Å². The van der Waals surface area contributed by atoms with E-state index in [9.17, 15) is 0 Å². The molecule has 0 saturated heterocycles. The zero-order valence-electron chi connectivity index (χ0n) is 9.26. The van der Waals surface area contributed by atoms with Crippen molar-refractivity contribution in [2.24, 2.45) is 0 Å². The molecular weight excluding hydrogens is 272 g/mol. The molecule has 0 spiro atoms. The van der Waals surface area contributed by atoms with Crippen molar-refractivity contribution in [2.75, 3.05) is 11.5 Å². The van der Waals surface area contributed by atoms with Crippen LogP contribution in [0.5, 0.6) is 0 Å². The Balaban J connectivity index is 2.19. The predicted octanol–water partition coefficient (Wildman–Crippen LogP) is 3.33. The van der Waals surface area contributed by atoms with Crippen LogP contribution in [0.4, 0.5) is 0 Å². The minimum absolute atomic E-state index is 0.599. The third-order valence-corrected chi connectivity index (χ3v) is 5.07. The van der Waals surface area contributed by atoms with Crippen LogP contribution in [0.3, 0.4) is 0 Å². The highest BCUT2D eigenvalue weighted by Crippen LogP contribution is 2.29. The minimum atomic E-state index is 0.599. The molecule has 0 N–H and O–H groups in total. The summed E-state index contributed by atoms with van der Waals surface area (Å²) in [5.74, 6) is 1.84. The van der Waals surface area contributed by atoms with Crippen molar-refractivity contribution < 1.29 is 0 Å². The highest BCUT2D eigenvalue weighted by molar-refractivity contribution is 8.03. The van der Waals surface area contributed by atoms with E-state index in [2.05, 4.69) is 22.3 Å². The van der Waals surface area contributed by atoms with E-state index in [0.717, 1.165) is 33.0 Å². The highest BCUT2D eigenvalue weighted by atomic mass is 32.2. The summed E-state index contributed by atoms with van der Waals surface area (Å²) >= 11 is 4.89. The van der Waals surface area contributed by atoms with Gasteiger partial charge >= 0.3 is 0 Å². The van der Waals surface area contributed by atoms with Gasteiger partial charge in [0.2, 0.25) is 0 Å². The molecule has 0 aliphatic carbocycles. The Bertz CT molecular complexity index is 368. The summed E-state index contributed by atoms with van der Waals surface area (Å²) in [6.45, 7) is 0. The second-order valence-electron chi connectivity index (χ2n) is 3.05. The Labute approximate surface area is 113 Å². The van der Waals surface area contributed by atoms with Crippen LogP contribution >= 0.6 is 34.9 Å². The van der Waals surface area contributed by atoms with Crippen molar-refractivity contribution >= 4 is 34.9 Å². The van der Waals surface area contributed by atoms with Gasteiger partial charge in [-0.05, 0) is 12.8 Å². The minimum Gasteiger partial charge on any atom is -0.198 e. The molecule has 0 atom stereocenters. The second-order valence-corrected chi connectivity index (χ2v) is 6.72. The molecule has 0 aliphatic rings. The summed E-state index contributed by atoms with van der Waals surface area (Å²) < 4.78 is 1.93. The number of nitrogens with zero attached hydrogens (tertiary/aromatic N) is 4. The van der Waals surface area contributed by atoms with Gasteiger partial charge in [-0.15, -0.1) is 10.2 Å². The molecule has 0 aliphatic heterocycles. The van der Waals surface area contributed by atoms with Gasteiger partial charge in [-0.1, -0.05) is 34.9 Å². The number of rotatable bonds is 8. The van der Waals surface area contributed by atoms with Gasteiger partial charge in [0.1, 0.15) is 0 Å². The van der Waals surface area contributed by atoms with Crippen LogP contribution in [-0.2, 0) is 0 Å². The van der Waals surface area contributed by atoms with Crippen LogP contribution in [-0.4, -0.2) is 21.7 Å². The SMILES string of the molecule is N#CCCCSc1nnc(SCCCC#N)s1. The standard InChI is InChI=1S/C10H12N4S3/c11-5-1-3-7-15-9-13-14-10(17-9)16-8-4-2-6-12/h1-4,7-8H2. The molecular formula is C10H12N4S3. The molecule has 1 aromatic heterocycles. The fourth-order valence-corrected chi connectivity index (χ4v) is 3.97. The van der Waals surface area contributed by atoms with E-state index < -0.39 is 0 Å². The van der Waals surface area contributed by atoms with E-state index in [0.29, 0.717) is 12.8 Å². The molecule has 0 unspecified atom stereocenters. The van der Waals surface area contributed by atoms with E-state index in [1.807, 2.05) is 0 Å². The maximum atomic E-state index is 8.40. The lowest BCUT2D eigenvalue weighted by molar-refractivity contribution is 0.940. The third kappa shape index (κ3) is 6.52. The van der Waals surface area contributed by atoms with Crippen LogP contribution in [0, 0.1) is 22.7 Å². The van der Waals surface area contributed by atoms with Gasteiger partial charge in [0, 0.05) is 24.3 Å². The summed E-state index contributed by atoms with van der Waals surface area (Å²) in [6.07, 6.45) is 2.99. The Hall–Kier alpha value is -0.760. The monoisotopic (exact) mass is 284 g/mol. The van der Waals surface area contributed by atoms with Crippen molar-refractivity contribution in [3.8, 4) is 12.1 Å². The second kappa shape index (κ2) is 9.29. The Morgan fingerprint density at radius 3 is 1.82 bits per heavy atom. The van der Waals surface area contributed by atoms with Gasteiger partial charge < -0.3 is 0 Å². The molecule has 1 rings (SSSR count). The van der Waals surface area contributed by atoms with Gasteiger partial charge in [-0.2, -0.15) is 10.5 Å². The van der Waals surface area contributed by atoms with Gasteiger partial charge in [-0.3, -0.25) is 0 Å². The molecule has 0 amide bonds. The van der Waals surface area contributed by atoms with Gasteiger partial charge in [0.15, 0.2) is 8.68 Å². The Morgan fingerprint density at radius 2 is 1.41 bits per heavy atom. The van der Waals surface area contributed by atoms with E-state index in [-0.39, 0.29) is 0 Å². The molecule has 90 valence electrons. The molecule has 4 nitrogen and oxygen atoms in total. The van der Waals surface area contributed by atoms with Crippen molar-refractivity contribution in [3.05, 3.63) is 0 Å². The number of hydrogen-bond donors (Lipinski definition) is 0. The smallest absolute Gasteiger partial charge is 0.175 e. The first-order chi connectivity index (χ1) is 8.36. The summed E-state index contributed by atoms with van der Waals surface area (Å²) in [4.78, 5) is 0. The molecule has 0 bridgehead atoms. The first kappa shape index (κ1) is 14.3. The number of nitriles is 2. The fourth-order valence-electron chi connectivity index (χ4n) is 0.935. The number of thioether (sulfide) groups is 2. The van der Waals surface area contributed by atoms with Crippen molar-refractivity contribution in [1.29, 1.82) is 10.5 Å². The largest absolute Gasteiger partial charge is 0.198 e. The zero-order chi connectivity index (χ0) is 12.3. The van der Waals surface area contributed by atoms with Crippen molar-refractivity contribution in [2.45, 2.75) is 34.4 Å². The first-order valence-electron chi connectivity index (χ1n) is 5.20. The summed E-state index contributed by atoms with van der Waals surface area (Å²) in [6, 6.07) is 4.25. The molecule has 0 aromatic carbocycles. The van der Waals surface area contributed by atoms with Crippen LogP contribution in [0.15, 0.2) is 8.68 Å². The molecule has 1 heterocycles. The molecule has 0 fully saturated rings. The number of unbranched alkanes of at least 4 members (excludes halogenated alkanes) is 2. The number of aromatic nitrogens is 2. The number of hydrogen-bond acceptors (Lipinski definition) is 7. The van der Waals surface area contributed by atoms with E-state index >= 15 is 0 Å². The summed E-state index contributed by atoms with van der Waals surface area (Å²) in [5.41, 5.74) is 0. The van der Waals surface area contributed by atoms with Gasteiger partial charge in [0.05, 0.1) is 12.1 Å². The van der Waals surface area contributed by atoms with E-state index in [1.54, 1.807) is 34.9 Å². The quantitative estimate of drug-likeness (QED) is 0.538. The molecule has 7 heteroatoms. The maximum Gasteiger partial charge on any atom is 0.175 e. The zero-order valence-corrected chi connectivity index (χ0v) is 11.7. The summed E-state index contributed by atoms with van der Waals surface area (Å²) in [7, 11) is 0. The van der Waals surface area contributed by atoms with Crippen LogP contribution in [0.25, 0.3) is 0 Å². The maximum absolute atomic E-state index is 8.40. The normalized spacial score (nSPS) is 9.76. The molecule has 0 saturated carbocycles. The van der Waals surface area contributed by atoms with Gasteiger partial charge in [0.25, 0.3) is 0 Å². The summed E-state index contributed by atoms with van der Waals surface area (Å²) in [5, 5.41) is 24.9. The predicted molar refractivity (Wildman–Crippen MR) is 71.1 cm³/mol. The Kier molecular flexibility index (Phi) is 7.81. The highest BCUT2D eigenvalue weighted by Gasteiger charge is 2.04. The van der Waals surface area contributed by atoms with Crippen molar-refractivity contribution in [1.82, 2.24) is 10.2 Å². The lowest BCUT2D eigenvalue weighted by Gasteiger charge is -1.92. The van der Waals surface area contributed by atoms with E-state index in [1.165, 1.54) is 0 Å². The Morgan fingerprint density at radius 1 is 0.941 bits per heavy atom. The van der Waals surface area contributed by atoms with Gasteiger partial charge in [-0.25, -0.2) is 0 Å². The lowest BCUT2D eigenvalue weighted by Crippen LogP contribution is -1.79. The molecule has 1 aromatic rings. The average Bonchev–Trinajstić information content (AvgIpc) is 2.78. The fraction of sp³-hybridized carbons (Fsp3) is 0.600. The third-order valence-electron chi connectivity index (χ3n) is 1.70. The molecule has 0 radical (unpaired) electrons. The van der Waals surface area contributed by atoms with E-state index in [4.69, 9.17) is 10.5 Å². The molecule has 17 heavy (non-hydrogen) atoms. The van der Waals surface area contributed by atoms with Crippen LogP contribution in [0.2, 0.25) is 0 Å². The lowest BCUT2D eigenvalue weighted by atomic mass is 10.4. The first-order valence-corrected chi connectivity index (χ1v) is 7.98. The van der Waals surface area contributed by atoms with Crippen molar-refractivity contribution in [3.63, 3.8) is 0 Å². The average molecular weight is 284 g/mol. The topological polar surface area (TPSA) is 73.4 Å².